The number of hydrogen-bond acceptors (Lipinski definition) is 2. The maximum atomic E-state index is 9.97. The van der Waals surface area contributed by atoms with Crippen LogP contribution in [0, 0.1) is 0 Å². The van der Waals surface area contributed by atoms with Gasteiger partial charge >= 0.3 is 0 Å². The highest BCUT2D eigenvalue weighted by Crippen LogP contribution is 2.06. The number of carbonyl (C=O) groups excluding carboxylic acids is 1. The summed E-state index contributed by atoms with van der Waals surface area (Å²) in [7, 11) is 0. The van der Waals surface area contributed by atoms with Crippen LogP contribution in [-0.4, -0.2) is 18.0 Å². The van der Waals surface area contributed by atoms with E-state index in [0.29, 0.717) is 6.42 Å². The quantitative estimate of drug-likeness (QED) is 0.361. The lowest BCUT2D eigenvalue weighted by Crippen LogP contribution is -1.90. The van der Waals surface area contributed by atoms with Crippen LogP contribution in [0.3, 0.4) is 0 Å². The highest BCUT2D eigenvalue weighted by atomic mass is 16.3. The first kappa shape index (κ1) is 11.4. The molecule has 0 atom stereocenters. The highest BCUT2D eigenvalue weighted by Gasteiger charge is 1.92. The normalized spacial score (nSPS) is 11.7. The topological polar surface area (TPSA) is 37.3 Å². The molecule has 12 heavy (non-hydrogen) atoms. The first-order chi connectivity index (χ1) is 5.85. The molecule has 0 aliphatic rings. The van der Waals surface area contributed by atoms with Gasteiger partial charge in [-0.25, -0.2) is 0 Å². The molecule has 0 aromatic carbocycles. The molecule has 0 unspecified atom stereocenters. The van der Waals surface area contributed by atoms with E-state index in [4.69, 9.17) is 5.11 Å². The van der Waals surface area contributed by atoms with Crippen molar-refractivity contribution in [3.63, 3.8) is 0 Å². The average molecular weight is 170 g/mol. The molecule has 1 N–H and O–H groups in total. The minimum atomic E-state index is 0.162. The lowest BCUT2D eigenvalue weighted by atomic mass is 10.1. The first-order valence-electron chi connectivity index (χ1n) is 4.57. The molecule has 0 aromatic rings. The molecule has 0 bridgehead atoms. The fourth-order valence-corrected chi connectivity index (χ4v) is 1.07. The van der Waals surface area contributed by atoms with E-state index in [1.165, 1.54) is 0 Å². The van der Waals surface area contributed by atoms with Crippen molar-refractivity contribution in [2.24, 2.45) is 0 Å². The van der Waals surface area contributed by atoms with Gasteiger partial charge in [0.25, 0.3) is 0 Å². The van der Waals surface area contributed by atoms with Crippen molar-refractivity contribution in [3.8, 4) is 0 Å². The molecule has 70 valence electrons. The third-order valence-electron chi connectivity index (χ3n) is 1.73. The van der Waals surface area contributed by atoms with Crippen molar-refractivity contribution in [1.29, 1.82) is 0 Å². The molecule has 0 heterocycles. The van der Waals surface area contributed by atoms with Crippen LogP contribution >= 0.6 is 0 Å². The zero-order valence-corrected chi connectivity index (χ0v) is 7.75. The Bertz CT molecular complexity index is 139. The fraction of sp³-hybridized carbons (Fsp3) is 0.700. The summed E-state index contributed by atoms with van der Waals surface area (Å²) in [6.45, 7) is 2.25. The molecule has 0 amide bonds. The molecule has 0 spiro atoms. The van der Waals surface area contributed by atoms with E-state index in [1.807, 2.05) is 6.08 Å². The summed E-state index contributed by atoms with van der Waals surface area (Å²) in [5.74, 6) is 0. The molecule has 0 fully saturated rings. The van der Waals surface area contributed by atoms with Crippen molar-refractivity contribution < 1.29 is 9.90 Å². The van der Waals surface area contributed by atoms with Gasteiger partial charge < -0.3 is 9.90 Å². The van der Waals surface area contributed by atoms with Gasteiger partial charge in [-0.2, -0.15) is 0 Å². The Morgan fingerprint density at radius 1 is 1.42 bits per heavy atom. The molecular weight excluding hydrogens is 152 g/mol. The van der Waals surface area contributed by atoms with Gasteiger partial charge in [0.1, 0.15) is 6.29 Å². The van der Waals surface area contributed by atoms with E-state index in [-0.39, 0.29) is 6.61 Å². The van der Waals surface area contributed by atoms with Crippen LogP contribution in [0.25, 0.3) is 0 Å². The van der Waals surface area contributed by atoms with E-state index in [0.717, 1.165) is 37.5 Å². The monoisotopic (exact) mass is 170 g/mol. The first-order valence-corrected chi connectivity index (χ1v) is 4.57. The smallest absolute Gasteiger partial charge is 0.120 e. The van der Waals surface area contributed by atoms with Crippen LogP contribution < -0.4 is 0 Å². The Hall–Kier alpha value is -0.630. The van der Waals surface area contributed by atoms with Crippen molar-refractivity contribution in [3.05, 3.63) is 11.6 Å². The number of carbonyl (C=O) groups is 1. The largest absolute Gasteiger partial charge is 0.392 e. The zero-order valence-electron chi connectivity index (χ0n) is 7.75. The van der Waals surface area contributed by atoms with E-state index < -0.39 is 0 Å². The van der Waals surface area contributed by atoms with Crippen LogP contribution in [-0.2, 0) is 4.79 Å². The number of aliphatic hydroxyl groups excluding tert-OH is 1. The van der Waals surface area contributed by atoms with Gasteiger partial charge in [0.2, 0.25) is 0 Å². The molecule has 0 radical (unpaired) electrons. The predicted octanol–water partition coefficient (Wildman–Crippen LogP) is 2.07. The highest BCUT2D eigenvalue weighted by molar-refractivity contribution is 5.49. The van der Waals surface area contributed by atoms with Crippen molar-refractivity contribution >= 4 is 6.29 Å². The molecular formula is C10H18O2. The maximum absolute atomic E-state index is 9.97. The second-order valence-corrected chi connectivity index (χ2v) is 2.87. The minimum Gasteiger partial charge on any atom is -0.392 e. The molecule has 0 aliphatic heterocycles. The molecule has 0 saturated carbocycles. The molecule has 0 rings (SSSR count). The number of aldehydes is 1. The van der Waals surface area contributed by atoms with Crippen LogP contribution in [0.2, 0.25) is 0 Å². The van der Waals surface area contributed by atoms with E-state index in [1.54, 1.807) is 0 Å². The van der Waals surface area contributed by atoms with Crippen molar-refractivity contribution in [2.45, 2.75) is 39.0 Å². The second kappa shape index (κ2) is 8.47. The number of unbranched alkanes of at least 4 members (excludes halogenated alkanes) is 2. The Kier molecular flexibility index (Phi) is 8.02. The van der Waals surface area contributed by atoms with Gasteiger partial charge in [-0.15, -0.1) is 0 Å². The summed E-state index contributed by atoms with van der Waals surface area (Å²) in [4.78, 5) is 9.97. The number of hydrogen-bond donors (Lipinski definition) is 1. The van der Waals surface area contributed by atoms with Crippen LogP contribution in [0.15, 0.2) is 11.6 Å². The number of rotatable bonds is 7. The van der Waals surface area contributed by atoms with Crippen molar-refractivity contribution in [1.82, 2.24) is 0 Å². The molecule has 2 nitrogen and oxygen atoms in total. The molecule has 2 heteroatoms. The lowest BCUT2D eigenvalue weighted by Gasteiger charge is -2.00. The van der Waals surface area contributed by atoms with Crippen LogP contribution in [0.4, 0.5) is 0 Å². The SMILES string of the molecule is CCC/C(=C\CCCC=O)CO. The van der Waals surface area contributed by atoms with Gasteiger partial charge in [0, 0.05) is 6.42 Å². The van der Waals surface area contributed by atoms with Gasteiger partial charge in [-0.05, 0) is 24.8 Å². The third-order valence-corrected chi connectivity index (χ3v) is 1.73. The Morgan fingerprint density at radius 2 is 2.17 bits per heavy atom. The third kappa shape index (κ3) is 6.10. The minimum absolute atomic E-state index is 0.162. The van der Waals surface area contributed by atoms with E-state index in [9.17, 15) is 4.79 Å². The van der Waals surface area contributed by atoms with Gasteiger partial charge in [-0.1, -0.05) is 19.4 Å². The predicted molar refractivity (Wildman–Crippen MR) is 50.0 cm³/mol. The number of allylic oxidation sites excluding steroid dienone is 1. The van der Waals surface area contributed by atoms with Crippen LogP contribution in [0.1, 0.15) is 39.0 Å². The summed E-state index contributed by atoms with van der Waals surface area (Å²) in [6.07, 6.45) is 7.46. The molecule has 0 aliphatic carbocycles. The Morgan fingerprint density at radius 3 is 2.67 bits per heavy atom. The summed E-state index contributed by atoms with van der Waals surface area (Å²) in [6, 6.07) is 0. The zero-order chi connectivity index (χ0) is 9.23. The summed E-state index contributed by atoms with van der Waals surface area (Å²) >= 11 is 0. The molecule has 0 saturated heterocycles. The maximum Gasteiger partial charge on any atom is 0.120 e. The van der Waals surface area contributed by atoms with Crippen molar-refractivity contribution in [2.75, 3.05) is 6.61 Å². The standard InChI is InChI=1S/C10H18O2/c1-2-6-10(9-12)7-4-3-5-8-11/h7-8,12H,2-6,9H2,1H3/b10-7+. The summed E-state index contributed by atoms with van der Waals surface area (Å²) in [5.41, 5.74) is 1.10. The van der Waals surface area contributed by atoms with Gasteiger partial charge in [-0.3, -0.25) is 0 Å². The van der Waals surface area contributed by atoms with Crippen LogP contribution in [0.5, 0.6) is 0 Å². The second-order valence-electron chi connectivity index (χ2n) is 2.87. The van der Waals surface area contributed by atoms with E-state index in [2.05, 4.69) is 6.92 Å². The number of aliphatic hydroxyl groups is 1. The summed E-state index contributed by atoms with van der Waals surface area (Å²) in [5, 5.41) is 8.88. The average Bonchev–Trinajstić information content (AvgIpc) is 2.10. The summed E-state index contributed by atoms with van der Waals surface area (Å²) < 4.78 is 0. The van der Waals surface area contributed by atoms with Gasteiger partial charge in [0.15, 0.2) is 0 Å². The fourth-order valence-electron chi connectivity index (χ4n) is 1.07. The van der Waals surface area contributed by atoms with Gasteiger partial charge in [0.05, 0.1) is 6.61 Å². The Labute approximate surface area is 74.3 Å². The lowest BCUT2D eigenvalue weighted by molar-refractivity contribution is -0.107. The Balaban J connectivity index is 3.54. The van der Waals surface area contributed by atoms with E-state index >= 15 is 0 Å². The molecule has 0 aromatic heterocycles.